The molecule has 0 amide bonds. The maximum atomic E-state index is 2.39. The maximum absolute atomic E-state index is 2.39. The Balaban J connectivity index is 0.00000133. The van der Waals surface area contributed by atoms with Crippen molar-refractivity contribution in [1.82, 2.24) is 0 Å². The summed E-state index contributed by atoms with van der Waals surface area (Å²) in [7, 11) is 0. The van der Waals surface area contributed by atoms with Crippen molar-refractivity contribution in [3.63, 3.8) is 0 Å². The maximum Gasteiger partial charge on any atom is 0.303 e. The second kappa shape index (κ2) is 6.72. The minimum Gasteiger partial charge on any atom is -1.00 e. The third kappa shape index (κ3) is 3.12. The molecule has 0 unspecified atom stereocenters. The van der Waals surface area contributed by atoms with Gasteiger partial charge in [-0.1, -0.05) is 41.7 Å². The lowest BCUT2D eigenvalue weighted by atomic mass is 10.3. The number of para-hydroxylation sites is 1. The van der Waals surface area contributed by atoms with Crippen LogP contribution < -0.4 is 28.5 Å². The molecule has 98 valence electrons. The molecule has 0 aliphatic rings. The molecule has 0 bridgehead atoms. The average Bonchev–Trinajstić information content (AvgIpc) is 2.77. The normalized spacial score (nSPS) is 10.4. The molecule has 0 atom stereocenters. The van der Waals surface area contributed by atoms with Crippen molar-refractivity contribution in [1.29, 1.82) is 0 Å². The van der Waals surface area contributed by atoms with Crippen LogP contribution in [0.3, 0.4) is 0 Å². The minimum atomic E-state index is 0. The number of fused-ring (bicyclic) bond motifs is 1. The highest BCUT2D eigenvalue weighted by molar-refractivity contribution is 8.01. The fourth-order valence-corrected chi connectivity index (χ4v) is 4.49. The summed E-state index contributed by atoms with van der Waals surface area (Å²) in [5.41, 5.74) is 1.34. The first kappa shape index (κ1) is 14.8. The van der Waals surface area contributed by atoms with Gasteiger partial charge in [0.1, 0.15) is 11.2 Å². The van der Waals surface area contributed by atoms with Crippen molar-refractivity contribution in [2.45, 2.75) is 22.7 Å². The molecule has 1 heterocycles. The Kier molecular flexibility index (Phi) is 5.24. The number of hydrogen-bond donors (Lipinski definition) is 0. The van der Waals surface area contributed by atoms with E-state index in [0.29, 0.717) is 0 Å². The molecule has 0 radical (unpaired) electrons. The van der Waals surface area contributed by atoms with Crippen LogP contribution in [0.5, 0.6) is 0 Å². The van der Waals surface area contributed by atoms with Crippen molar-refractivity contribution in [3.8, 4) is 0 Å². The Morgan fingerprint density at radius 3 is 2.42 bits per heavy atom. The van der Waals surface area contributed by atoms with E-state index >= 15 is 0 Å². The second-order valence-corrected chi connectivity index (χ2v) is 6.35. The van der Waals surface area contributed by atoms with Crippen LogP contribution in [-0.4, -0.2) is 0 Å². The average molecular weight is 399 g/mol. The van der Waals surface area contributed by atoms with Crippen LogP contribution in [0.15, 0.2) is 63.8 Å². The lowest BCUT2D eigenvalue weighted by Gasteiger charge is -1.96. The van der Waals surface area contributed by atoms with Crippen molar-refractivity contribution in [2.75, 3.05) is 0 Å². The monoisotopic (exact) mass is 399 g/mol. The zero-order chi connectivity index (χ0) is 12.4. The van der Waals surface area contributed by atoms with Gasteiger partial charge in [-0.3, -0.25) is 0 Å². The van der Waals surface area contributed by atoms with Crippen LogP contribution in [0.25, 0.3) is 10.2 Å². The molecular weight excluding hydrogens is 385 g/mol. The number of aromatic nitrogens is 1. The number of benzene rings is 2. The van der Waals surface area contributed by atoms with E-state index in [1.54, 1.807) is 0 Å². The lowest BCUT2D eigenvalue weighted by Crippen LogP contribution is -3.00. The first-order valence-electron chi connectivity index (χ1n) is 6.03. The standard InChI is InChI=1S/C15H14NS2.HI/c1-2-16-13-10-6-7-11-14(13)18-15(16)17-12-8-4-3-5-9-12;/h3-11H,2H2,1H3;1H/q+1;/p-1. The van der Waals surface area contributed by atoms with Gasteiger partial charge in [0.2, 0.25) is 5.52 Å². The smallest absolute Gasteiger partial charge is 0.303 e. The van der Waals surface area contributed by atoms with Crippen LogP contribution >= 0.6 is 23.1 Å². The van der Waals surface area contributed by atoms with Crippen LogP contribution in [0, 0.1) is 0 Å². The third-order valence-corrected chi connectivity index (χ3v) is 5.20. The van der Waals surface area contributed by atoms with Crippen LogP contribution in [0.1, 0.15) is 6.92 Å². The molecule has 19 heavy (non-hydrogen) atoms. The number of rotatable bonds is 3. The van der Waals surface area contributed by atoms with E-state index in [2.05, 4.69) is 66.1 Å². The molecular formula is C15H14INS2. The summed E-state index contributed by atoms with van der Waals surface area (Å²) in [6, 6.07) is 19.2. The predicted molar refractivity (Wildman–Crippen MR) is 78.3 cm³/mol. The fourth-order valence-electron chi connectivity index (χ4n) is 1.98. The summed E-state index contributed by atoms with van der Waals surface area (Å²) in [5.74, 6) is 0. The van der Waals surface area contributed by atoms with Gasteiger partial charge in [-0.25, -0.2) is 0 Å². The molecule has 0 spiro atoms. The molecule has 3 aromatic rings. The number of thiazole rings is 1. The molecule has 1 aromatic heterocycles. The zero-order valence-corrected chi connectivity index (χ0v) is 14.3. The van der Waals surface area contributed by atoms with Gasteiger partial charge in [0, 0.05) is 11.0 Å². The highest BCUT2D eigenvalue weighted by Crippen LogP contribution is 2.32. The van der Waals surface area contributed by atoms with Crippen LogP contribution in [0.4, 0.5) is 0 Å². The van der Waals surface area contributed by atoms with E-state index < -0.39 is 0 Å². The fraction of sp³-hybridized carbons (Fsp3) is 0.133. The van der Waals surface area contributed by atoms with Gasteiger partial charge in [-0.05, 0) is 36.9 Å². The van der Waals surface area contributed by atoms with Gasteiger partial charge in [0.15, 0.2) is 0 Å². The van der Waals surface area contributed by atoms with Crippen molar-refractivity contribution in [3.05, 3.63) is 54.6 Å². The predicted octanol–water partition coefficient (Wildman–Crippen LogP) is 1.36. The van der Waals surface area contributed by atoms with Gasteiger partial charge < -0.3 is 24.0 Å². The van der Waals surface area contributed by atoms with Crippen molar-refractivity contribution in [2.24, 2.45) is 0 Å². The van der Waals surface area contributed by atoms with Gasteiger partial charge >= 0.3 is 4.34 Å². The van der Waals surface area contributed by atoms with E-state index in [1.165, 1.54) is 19.5 Å². The number of aryl methyl sites for hydroxylation is 1. The van der Waals surface area contributed by atoms with Crippen molar-refractivity contribution < 1.29 is 28.5 Å². The Hall–Kier alpha value is -0.590. The summed E-state index contributed by atoms with van der Waals surface area (Å²) in [5, 5.41) is 0. The van der Waals surface area contributed by atoms with Gasteiger partial charge in [-0.15, -0.1) is 0 Å². The molecule has 4 heteroatoms. The quantitative estimate of drug-likeness (QED) is 0.475. The van der Waals surface area contributed by atoms with E-state index in [0.717, 1.165) is 6.54 Å². The molecule has 0 aliphatic heterocycles. The van der Waals surface area contributed by atoms with E-state index in [1.807, 2.05) is 23.1 Å². The Labute approximate surface area is 138 Å². The molecule has 3 rings (SSSR count). The van der Waals surface area contributed by atoms with Crippen LogP contribution in [0.2, 0.25) is 0 Å². The summed E-state index contributed by atoms with van der Waals surface area (Å²) in [6.45, 7) is 3.22. The van der Waals surface area contributed by atoms with Gasteiger partial charge in [0.05, 0.1) is 0 Å². The van der Waals surface area contributed by atoms with Gasteiger partial charge in [0.25, 0.3) is 0 Å². The van der Waals surface area contributed by atoms with E-state index in [9.17, 15) is 0 Å². The topological polar surface area (TPSA) is 3.88 Å². The molecule has 0 aliphatic carbocycles. The summed E-state index contributed by atoms with van der Waals surface area (Å²) in [4.78, 5) is 1.30. The van der Waals surface area contributed by atoms with E-state index in [-0.39, 0.29) is 24.0 Å². The summed E-state index contributed by atoms with van der Waals surface area (Å²) in [6.07, 6.45) is 0. The molecule has 0 N–H and O–H groups in total. The lowest BCUT2D eigenvalue weighted by molar-refractivity contribution is -0.698. The zero-order valence-electron chi connectivity index (χ0n) is 10.5. The molecule has 2 aromatic carbocycles. The summed E-state index contributed by atoms with van der Waals surface area (Å²) < 4.78 is 5.10. The summed E-state index contributed by atoms with van der Waals surface area (Å²) >= 11 is 3.72. The molecule has 1 nitrogen and oxygen atoms in total. The molecule has 0 saturated heterocycles. The first-order valence-corrected chi connectivity index (χ1v) is 7.66. The second-order valence-electron chi connectivity index (χ2n) is 4.00. The van der Waals surface area contributed by atoms with Gasteiger partial charge in [-0.2, -0.15) is 4.57 Å². The Morgan fingerprint density at radius 2 is 1.68 bits per heavy atom. The highest BCUT2D eigenvalue weighted by Gasteiger charge is 2.19. The number of nitrogens with zero attached hydrogens (tertiary/aromatic N) is 1. The number of halogens is 1. The SMILES string of the molecule is CC[n+]1c(Sc2ccccc2)sc2ccccc21.[I-]. The Bertz CT molecular complexity index is 664. The number of hydrogen-bond acceptors (Lipinski definition) is 2. The largest absolute Gasteiger partial charge is 1.00 e. The third-order valence-electron chi connectivity index (χ3n) is 2.84. The molecule has 0 saturated carbocycles. The van der Waals surface area contributed by atoms with Crippen molar-refractivity contribution >= 4 is 33.3 Å². The van der Waals surface area contributed by atoms with E-state index in [4.69, 9.17) is 0 Å². The minimum absolute atomic E-state index is 0. The van der Waals surface area contributed by atoms with Crippen LogP contribution in [-0.2, 0) is 6.54 Å². The molecule has 0 fully saturated rings. The first-order chi connectivity index (χ1) is 8.88. The Morgan fingerprint density at radius 1 is 1.00 bits per heavy atom. The highest BCUT2D eigenvalue weighted by atomic mass is 127.